The Morgan fingerprint density at radius 3 is 1.95 bits per heavy atom. The predicted molar refractivity (Wildman–Crippen MR) is 152 cm³/mol. The van der Waals surface area contributed by atoms with Gasteiger partial charge in [0.1, 0.15) is 5.60 Å². The SMILES string of the molecule is C[C@H]1C(c2ccccc2Cl)=C[C@@](O)(c2ccccc2Cl)[C@H](C(=O)c2ccccc2)[C@H]1c1ccccc1Cl. The van der Waals surface area contributed by atoms with Crippen molar-refractivity contribution in [2.75, 3.05) is 0 Å². The van der Waals surface area contributed by atoms with E-state index >= 15 is 0 Å². The van der Waals surface area contributed by atoms with Crippen molar-refractivity contribution in [2.24, 2.45) is 11.8 Å². The van der Waals surface area contributed by atoms with Gasteiger partial charge in [0.05, 0.1) is 5.92 Å². The van der Waals surface area contributed by atoms with E-state index in [-0.39, 0.29) is 11.7 Å². The molecule has 1 aliphatic carbocycles. The number of hydrogen-bond acceptors (Lipinski definition) is 2. The van der Waals surface area contributed by atoms with Crippen LogP contribution in [0.25, 0.3) is 5.57 Å². The number of rotatable bonds is 5. The molecule has 0 radical (unpaired) electrons. The minimum atomic E-state index is -1.74. The lowest BCUT2D eigenvalue weighted by molar-refractivity contribution is 0.00515. The predicted octanol–water partition coefficient (Wildman–Crippen LogP) is 8.85. The number of halogens is 3. The molecule has 4 atom stereocenters. The van der Waals surface area contributed by atoms with Gasteiger partial charge in [-0.25, -0.2) is 0 Å². The van der Waals surface area contributed by atoms with E-state index in [0.29, 0.717) is 26.2 Å². The molecule has 0 unspecified atom stereocenters. The Morgan fingerprint density at radius 1 is 0.730 bits per heavy atom. The highest BCUT2D eigenvalue weighted by Crippen LogP contribution is 2.56. The fraction of sp³-hybridized carbons (Fsp3) is 0.156. The molecule has 1 aliphatic rings. The van der Waals surface area contributed by atoms with E-state index in [0.717, 1.165) is 16.7 Å². The molecule has 5 heteroatoms. The van der Waals surface area contributed by atoms with Gasteiger partial charge in [0.15, 0.2) is 5.78 Å². The normalized spacial score (nSPS) is 23.4. The summed E-state index contributed by atoms with van der Waals surface area (Å²) in [5, 5.41) is 14.2. The second-order valence-corrected chi connectivity index (χ2v) is 10.7. The maximum atomic E-state index is 14.3. The molecule has 0 spiro atoms. The number of aliphatic hydroxyl groups is 1. The zero-order chi connectivity index (χ0) is 26.2. The van der Waals surface area contributed by atoms with E-state index in [2.05, 4.69) is 6.92 Å². The molecule has 0 aromatic heterocycles. The van der Waals surface area contributed by atoms with Gasteiger partial charge in [-0.05, 0) is 46.9 Å². The minimum Gasteiger partial charge on any atom is -0.380 e. The van der Waals surface area contributed by atoms with Crippen molar-refractivity contribution in [1.29, 1.82) is 0 Å². The number of carbonyl (C=O) groups excluding carboxylic acids is 1. The summed E-state index contributed by atoms with van der Waals surface area (Å²) >= 11 is 20.1. The molecule has 2 nitrogen and oxygen atoms in total. The lowest BCUT2D eigenvalue weighted by atomic mass is 9.58. The van der Waals surface area contributed by atoms with Crippen LogP contribution in [0.3, 0.4) is 0 Å². The number of benzene rings is 4. The fourth-order valence-corrected chi connectivity index (χ4v) is 6.40. The van der Waals surface area contributed by atoms with Crippen LogP contribution in [0.4, 0.5) is 0 Å². The van der Waals surface area contributed by atoms with Crippen LogP contribution in [0, 0.1) is 11.8 Å². The quantitative estimate of drug-likeness (QED) is 0.253. The Morgan fingerprint density at radius 2 is 1.30 bits per heavy atom. The summed E-state index contributed by atoms with van der Waals surface area (Å²) < 4.78 is 0. The fourth-order valence-electron chi connectivity index (χ4n) is 5.60. The Kier molecular flexibility index (Phi) is 7.29. The van der Waals surface area contributed by atoms with E-state index in [4.69, 9.17) is 34.8 Å². The first-order valence-electron chi connectivity index (χ1n) is 12.1. The summed E-state index contributed by atoms with van der Waals surface area (Å²) in [6, 6.07) is 31.2. The second kappa shape index (κ2) is 10.5. The van der Waals surface area contributed by atoms with Gasteiger partial charge in [0, 0.05) is 32.1 Å². The van der Waals surface area contributed by atoms with Gasteiger partial charge < -0.3 is 5.11 Å². The molecule has 4 aromatic carbocycles. The third-order valence-corrected chi connectivity index (χ3v) is 8.34. The Bertz CT molecular complexity index is 1480. The summed E-state index contributed by atoms with van der Waals surface area (Å²) in [4.78, 5) is 14.3. The third kappa shape index (κ3) is 4.64. The molecule has 5 rings (SSSR count). The Labute approximate surface area is 232 Å². The summed E-state index contributed by atoms with van der Waals surface area (Å²) in [6.07, 6.45) is 1.78. The van der Waals surface area contributed by atoms with E-state index in [1.165, 1.54) is 0 Å². The third-order valence-electron chi connectivity index (χ3n) is 7.33. The van der Waals surface area contributed by atoms with Crippen LogP contribution in [-0.2, 0) is 5.60 Å². The molecule has 0 saturated heterocycles. The van der Waals surface area contributed by atoms with Crippen LogP contribution in [-0.4, -0.2) is 10.9 Å². The van der Waals surface area contributed by atoms with E-state index in [1.54, 1.807) is 36.4 Å². The molecule has 4 aromatic rings. The van der Waals surface area contributed by atoms with Crippen molar-refractivity contribution in [2.45, 2.75) is 18.4 Å². The number of Topliss-reactive ketones (excluding diaryl/α,β-unsaturated/α-hetero) is 1. The molecular formula is C32H25Cl3O2. The molecule has 0 aliphatic heterocycles. The highest BCUT2D eigenvalue weighted by atomic mass is 35.5. The maximum Gasteiger partial charge on any atom is 0.170 e. The minimum absolute atomic E-state index is 0.186. The van der Waals surface area contributed by atoms with E-state index < -0.39 is 17.4 Å². The van der Waals surface area contributed by atoms with Crippen LogP contribution in [0.1, 0.15) is 39.9 Å². The molecule has 0 saturated carbocycles. The van der Waals surface area contributed by atoms with Crippen LogP contribution in [0.15, 0.2) is 109 Å². The molecule has 186 valence electrons. The van der Waals surface area contributed by atoms with Gasteiger partial charge in [-0.1, -0.05) is 127 Å². The van der Waals surface area contributed by atoms with Gasteiger partial charge in [-0.3, -0.25) is 4.79 Å². The summed E-state index contributed by atoms with van der Waals surface area (Å²) in [5.41, 5.74) is 1.64. The smallest absolute Gasteiger partial charge is 0.170 e. The average molecular weight is 548 g/mol. The van der Waals surface area contributed by atoms with E-state index in [9.17, 15) is 9.90 Å². The van der Waals surface area contributed by atoms with Crippen LogP contribution in [0.2, 0.25) is 15.1 Å². The average Bonchev–Trinajstić information content (AvgIpc) is 2.91. The molecule has 0 heterocycles. The summed E-state index contributed by atoms with van der Waals surface area (Å²) in [7, 11) is 0. The molecule has 37 heavy (non-hydrogen) atoms. The molecule has 1 N–H and O–H groups in total. The van der Waals surface area contributed by atoms with Crippen molar-refractivity contribution in [3.05, 3.63) is 147 Å². The summed E-state index contributed by atoms with van der Waals surface area (Å²) in [5.74, 6) is -1.77. The van der Waals surface area contributed by atoms with Crippen LogP contribution >= 0.6 is 34.8 Å². The first-order valence-corrected chi connectivity index (χ1v) is 13.2. The first-order chi connectivity index (χ1) is 17.8. The molecule has 0 bridgehead atoms. The number of ketones is 1. The molecule has 0 amide bonds. The zero-order valence-corrected chi connectivity index (χ0v) is 22.4. The first kappa shape index (κ1) is 25.8. The van der Waals surface area contributed by atoms with Crippen LogP contribution < -0.4 is 0 Å². The van der Waals surface area contributed by atoms with Crippen molar-refractivity contribution in [3.63, 3.8) is 0 Å². The van der Waals surface area contributed by atoms with E-state index in [1.807, 2.05) is 72.8 Å². The highest BCUT2D eigenvalue weighted by Gasteiger charge is 2.53. The highest BCUT2D eigenvalue weighted by molar-refractivity contribution is 6.33. The monoisotopic (exact) mass is 546 g/mol. The number of carbonyl (C=O) groups is 1. The Balaban J connectivity index is 1.85. The Hall–Kier alpha value is -2.88. The molecule has 0 fully saturated rings. The lowest BCUT2D eigenvalue weighted by Crippen LogP contribution is -2.47. The van der Waals surface area contributed by atoms with Gasteiger partial charge in [-0.15, -0.1) is 0 Å². The van der Waals surface area contributed by atoms with Crippen molar-refractivity contribution in [3.8, 4) is 0 Å². The number of allylic oxidation sites excluding steroid dienone is 1. The summed E-state index contributed by atoms with van der Waals surface area (Å²) in [6.45, 7) is 2.06. The largest absolute Gasteiger partial charge is 0.380 e. The van der Waals surface area contributed by atoms with Gasteiger partial charge >= 0.3 is 0 Å². The molecular weight excluding hydrogens is 523 g/mol. The van der Waals surface area contributed by atoms with Gasteiger partial charge in [-0.2, -0.15) is 0 Å². The topological polar surface area (TPSA) is 37.3 Å². The standard InChI is InChI=1S/C32H25Cl3O2/c1-20-24(22-13-5-8-16-26(22)33)19-32(37,25-15-7-10-18-28(25)35)30(31(36)21-11-3-2-4-12-21)29(20)23-14-6-9-17-27(23)34/h2-20,29-30,37H,1H3/t20-,29+,30-,32+/m0/s1. The van der Waals surface area contributed by atoms with Crippen LogP contribution in [0.5, 0.6) is 0 Å². The van der Waals surface area contributed by atoms with Crippen molar-refractivity contribution >= 4 is 46.2 Å². The van der Waals surface area contributed by atoms with Gasteiger partial charge in [0.2, 0.25) is 0 Å². The lowest BCUT2D eigenvalue weighted by Gasteiger charge is -2.47. The van der Waals surface area contributed by atoms with Gasteiger partial charge in [0.25, 0.3) is 0 Å². The second-order valence-electron chi connectivity index (χ2n) is 9.43. The maximum absolute atomic E-state index is 14.3. The zero-order valence-electron chi connectivity index (χ0n) is 20.1. The number of hydrogen-bond donors (Lipinski definition) is 1. The van der Waals surface area contributed by atoms with Crippen molar-refractivity contribution < 1.29 is 9.90 Å². The van der Waals surface area contributed by atoms with Crippen molar-refractivity contribution in [1.82, 2.24) is 0 Å².